The minimum absolute atomic E-state index is 0.596. The fraction of sp³-hybridized carbons (Fsp3) is 0.750. The Kier molecular flexibility index (Phi) is 5.34. The zero-order chi connectivity index (χ0) is 9.52. The van der Waals surface area contributed by atoms with Crippen molar-refractivity contribution in [2.45, 2.75) is 30.6 Å². The molecule has 74 valence electrons. The summed E-state index contributed by atoms with van der Waals surface area (Å²) in [6.45, 7) is 5.38. The van der Waals surface area contributed by atoms with Crippen molar-refractivity contribution in [2.24, 2.45) is 0 Å². The summed E-state index contributed by atoms with van der Waals surface area (Å²) in [5.41, 5.74) is 1.77. The normalized spacial score (nSPS) is 13.1. The molecule has 1 aromatic rings. The van der Waals surface area contributed by atoms with Gasteiger partial charge in [0, 0.05) is 11.8 Å². The Bertz CT molecular complexity index is 213. The van der Waals surface area contributed by atoms with E-state index in [0.717, 1.165) is 16.6 Å². The third-order valence-electron chi connectivity index (χ3n) is 1.73. The fourth-order valence-electron chi connectivity index (χ4n) is 1.01. The number of thioether (sulfide) groups is 1. The van der Waals surface area contributed by atoms with Gasteiger partial charge in [-0.15, -0.1) is 10.2 Å². The molecule has 1 unspecified atom stereocenters. The first-order chi connectivity index (χ1) is 6.36. The van der Waals surface area contributed by atoms with Gasteiger partial charge < -0.3 is 5.32 Å². The molecule has 0 aliphatic rings. The summed E-state index contributed by atoms with van der Waals surface area (Å²) in [7, 11) is 0. The second-order valence-corrected chi connectivity index (χ2v) is 4.78. The highest BCUT2D eigenvalue weighted by atomic mass is 32.2. The zero-order valence-corrected chi connectivity index (χ0v) is 9.62. The first-order valence-electron chi connectivity index (χ1n) is 4.49. The van der Waals surface area contributed by atoms with Gasteiger partial charge in [0.25, 0.3) is 0 Å². The van der Waals surface area contributed by atoms with Crippen LogP contribution < -0.4 is 5.32 Å². The highest BCUT2D eigenvalue weighted by Gasteiger charge is 2.06. The van der Waals surface area contributed by atoms with Crippen LogP contribution in [0.3, 0.4) is 0 Å². The van der Waals surface area contributed by atoms with Gasteiger partial charge in [-0.25, -0.2) is 0 Å². The molecule has 0 bridgehead atoms. The Labute approximate surface area is 87.3 Å². The molecule has 1 N–H and O–H groups in total. The molecule has 13 heavy (non-hydrogen) atoms. The van der Waals surface area contributed by atoms with Crippen LogP contribution in [0.2, 0.25) is 0 Å². The summed E-state index contributed by atoms with van der Waals surface area (Å²) < 4.78 is 1.07. The summed E-state index contributed by atoms with van der Waals surface area (Å²) in [5.74, 6) is 1.08. The largest absolute Gasteiger partial charge is 0.313 e. The molecular weight excluding hydrogens is 202 g/mol. The van der Waals surface area contributed by atoms with E-state index < -0.39 is 0 Å². The van der Waals surface area contributed by atoms with Crippen LogP contribution in [0.1, 0.15) is 20.3 Å². The highest BCUT2D eigenvalue weighted by molar-refractivity contribution is 8.01. The van der Waals surface area contributed by atoms with Crippen LogP contribution in [0.4, 0.5) is 0 Å². The summed E-state index contributed by atoms with van der Waals surface area (Å²) in [5, 5.41) is 11.2. The number of hydrogen-bond acceptors (Lipinski definition) is 5. The number of hydrogen-bond donors (Lipinski definition) is 1. The topological polar surface area (TPSA) is 37.8 Å². The molecule has 0 aliphatic carbocycles. The van der Waals surface area contributed by atoms with E-state index >= 15 is 0 Å². The molecule has 0 radical (unpaired) electrons. The van der Waals surface area contributed by atoms with Gasteiger partial charge in [-0.1, -0.05) is 36.9 Å². The minimum atomic E-state index is 0.596. The maximum Gasteiger partial charge on any atom is 0.174 e. The molecule has 0 fully saturated rings. The van der Waals surface area contributed by atoms with Crippen LogP contribution in [0.15, 0.2) is 9.85 Å². The first kappa shape index (κ1) is 10.9. The maximum atomic E-state index is 3.99. The molecular formula is C8H15N3S2. The van der Waals surface area contributed by atoms with E-state index in [4.69, 9.17) is 0 Å². The predicted octanol–water partition coefficient (Wildman–Crippen LogP) is 2.02. The van der Waals surface area contributed by atoms with Crippen LogP contribution in [-0.4, -0.2) is 28.5 Å². The van der Waals surface area contributed by atoms with E-state index in [1.54, 1.807) is 28.6 Å². The Balaban J connectivity index is 2.23. The van der Waals surface area contributed by atoms with Crippen molar-refractivity contribution >= 4 is 23.1 Å². The molecule has 0 aliphatic heterocycles. The van der Waals surface area contributed by atoms with Gasteiger partial charge in [0.15, 0.2) is 4.34 Å². The van der Waals surface area contributed by atoms with Gasteiger partial charge in [-0.2, -0.15) is 0 Å². The number of nitrogens with zero attached hydrogens (tertiary/aromatic N) is 2. The smallest absolute Gasteiger partial charge is 0.174 e. The quantitative estimate of drug-likeness (QED) is 0.740. The molecule has 0 saturated carbocycles. The number of rotatable bonds is 6. The first-order valence-corrected chi connectivity index (χ1v) is 6.35. The molecule has 1 heterocycles. The monoisotopic (exact) mass is 217 g/mol. The van der Waals surface area contributed by atoms with Crippen molar-refractivity contribution in [3.8, 4) is 0 Å². The van der Waals surface area contributed by atoms with E-state index in [0.29, 0.717) is 6.04 Å². The van der Waals surface area contributed by atoms with Crippen LogP contribution in [0, 0.1) is 0 Å². The Morgan fingerprint density at radius 3 is 3.00 bits per heavy atom. The van der Waals surface area contributed by atoms with Crippen molar-refractivity contribution < 1.29 is 0 Å². The lowest BCUT2D eigenvalue weighted by atomic mass is 10.2. The molecule has 1 atom stereocenters. The van der Waals surface area contributed by atoms with Crippen molar-refractivity contribution in [3.63, 3.8) is 0 Å². The zero-order valence-electron chi connectivity index (χ0n) is 7.99. The molecule has 0 spiro atoms. The lowest BCUT2D eigenvalue weighted by molar-refractivity contribution is 0.560. The third-order valence-corrected chi connectivity index (χ3v) is 3.76. The van der Waals surface area contributed by atoms with E-state index in [1.165, 1.54) is 6.42 Å². The van der Waals surface area contributed by atoms with Gasteiger partial charge in [0.2, 0.25) is 0 Å². The molecule has 1 aromatic heterocycles. The van der Waals surface area contributed by atoms with Gasteiger partial charge in [0.05, 0.1) is 0 Å². The van der Waals surface area contributed by atoms with E-state index in [9.17, 15) is 0 Å². The Morgan fingerprint density at radius 1 is 1.62 bits per heavy atom. The average molecular weight is 217 g/mol. The molecule has 0 amide bonds. The fourth-order valence-corrected chi connectivity index (χ4v) is 2.69. The van der Waals surface area contributed by atoms with E-state index in [-0.39, 0.29) is 0 Å². The van der Waals surface area contributed by atoms with Gasteiger partial charge >= 0.3 is 0 Å². The van der Waals surface area contributed by atoms with Gasteiger partial charge in [-0.05, 0) is 13.0 Å². The predicted molar refractivity (Wildman–Crippen MR) is 58.4 cm³/mol. The van der Waals surface area contributed by atoms with Crippen molar-refractivity contribution in [2.75, 3.05) is 12.3 Å². The Morgan fingerprint density at radius 2 is 2.46 bits per heavy atom. The molecule has 0 aromatic carbocycles. The summed E-state index contributed by atoms with van der Waals surface area (Å²) in [6.07, 6.45) is 1.17. The molecule has 5 heteroatoms. The van der Waals surface area contributed by atoms with Crippen LogP contribution >= 0.6 is 23.1 Å². The van der Waals surface area contributed by atoms with Crippen molar-refractivity contribution in [1.82, 2.24) is 15.5 Å². The minimum Gasteiger partial charge on any atom is -0.313 e. The lowest BCUT2D eigenvalue weighted by Gasteiger charge is -2.13. The average Bonchev–Trinajstić information content (AvgIpc) is 2.64. The molecule has 1 rings (SSSR count). The highest BCUT2D eigenvalue weighted by Crippen LogP contribution is 2.20. The standard InChI is InChI=1S/C8H15N3S2/c1-3-7(9-4-2)5-12-8-11-10-6-13-8/h6-7,9H,3-5H2,1-2H3. The van der Waals surface area contributed by atoms with E-state index in [2.05, 4.69) is 29.4 Å². The summed E-state index contributed by atoms with van der Waals surface area (Å²) in [4.78, 5) is 0. The maximum absolute atomic E-state index is 3.99. The van der Waals surface area contributed by atoms with Gasteiger partial charge in [-0.3, -0.25) is 0 Å². The van der Waals surface area contributed by atoms with E-state index in [1.807, 2.05) is 0 Å². The summed E-state index contributed by atoms with van der Waals surface area (Å²) >= 11 is 3.39. The second kappa shape index (κ2) is 6.34. The molecule has 0 saturated heterocycles. The lowest BCUT2D eigenvalue weighted by Crippen LogP contribution is -2.30. The van der Waals surface area contributed by atoms with Crippen LogP contribution in [0.25, 0.3) is 0 Å². The van der Waals surface area contributed by atoms with Crippen LogP contribution in [-0.2, 0) is 0 Å². The molecule has 3 nitrogen and oxygen atoms in total. The SMILES string of the molecule is CCNC(CC)CSc1nncs1. The van der Waals surface area contributed by atoms with Crippen molar-refractivity contribution in [3.05, 3.63) is 5.51 Å². The summed E-state index contributed by atoms with van der Waals surface area (Å²) in [6, 6.07) is 0.596. The Hall–Kier alpha value is -0.130. The third kappa shape index (κ3) is 4.06. The number of aromatic nitrogens is 2. The van der Waals surface area contributed by atoms with Crippen LogP contribution in [0.5, 0.6) is 0 Å². The van der Waals surface area contributed by atoms with Gasteiger partial charge in [0.1, 0.15) is 5.51 Å². The second-order valence-electron chi connectivity index (χ2n) is 2.68. The number of nitrogens with one attached hydrogen (secondary N) is 1. The van der Waals surface area contributed by atoms with Crippen molar-refractivity contribution in [1.29, 1.82) is 0 Å².